The first kappa shape index (κ1) is 13.6. The predicted molar refractivity (Wildman–Crippen MR) is 75.5 cm³/mol. The van der Waals surface area contributed by atoms with Crippen LogP contribution in [0.2, 0.25) is 0 Å². The minimum atomic E-state index is -0.317. The van der Waals surface area contributed by atoms with E-state index in [1.54, 1.807) is 11.9 Å². The second-order valence-electron chi connectivity index (χ2n) is 5.14. The number of likely N-dealkylation sites (N-methyl/N-ethyl adjacent to an activating group) is 1. The number of carbonyl (C=O) groups excluding carboxylic acids is 1. The Hall–Kier alpha value is -2.38. The first-order chi connectivity index (χ1) is 10.1. The van der Waals surface area contributed by atoms with Crippen molar-refractivity contribution in [1.82, 2.24) is 19.6 Å². The first-order valence-corrected chi connectivity index (χ1v) is 6.91. The molecule has 0 unspecified atom stereocenters. The molecule has 0 bridgehead atoms. The molecule has 2 aromatic heterocycles. The zero-order valence-corrected chi connectivity index (χ0v) is 12.0. The van der Waals surface area contributed by atoms with Crippen LogP contribution in [0.5, 0.6) is 0 Å². The molecular weight excluding hydrogens is 274 g/mol. The van der Waals surface area contributed by atoms with Crippen molar-refractivity contribution in [2.45, 2.75) is 26.2 Å². The topological polar surface area (TPSA) is 92.6 Å². The van der Waals surface area contributed by atoms with E-state index in [1.807, 2.05) is 0 Å². The second-order valence-corrected chi connectivity index (χ2v) is 5.14. The average molecular weight is 291 g/mol. The summed E-state index contributed by atoms with van der Waals surface area (Å²) in [6.07, 6.45) is 2.59. The summed E-state index contributed by atoms with van der Waals surface area (Å²) in [7, 11) is 1.81. The van der Waals surface area contributed by atoms with E-state index in [0.29, 0.717) is 18.3 Å². The highest BCUT2D eigenvalue weighted by molar-refractivity contribution is 5.65. The van der Waals surface area contributed by atoms with Gasteiger partial charge < -0.3 is 9.64 Å². The predicted octanol–water partition coefficient (Wildman–Crippen LogP) is -0.0944. The summed E-state index contributed by atoms with van der Waals surface area (Å²) < 4.78 is 6.27. The maximum absolute atomic E-state index is 12.3. The Balaban J connectivity index is 1.86. The molecule has 1 N–H and O–H groups in total. The number of nitrogens with zero attached hydrogens (tertiary/aromatic N) is 4. The Bertz CT molecular complexity index is 748. The minimum Gasteiger partial charge on any atom is -0.464 e. The molecule has 2 aromatic rings. The number of aryl methyl sites for hydroxylation is 1. The Kier molecular flexibility index (Phi) is 3.36. The lowest BCUT2D eigenvalue weighted by atomic mass is 10.3. The van der Waals surface area contributed by atoms with Gasteiger partial charge in [0.25, 0.3) is 11.3 Å². The molecule has 2 heterocycles. The fraction of sp³-hybridized carbons (Fsp3) is 0.538. The van der Waals surface area contributed by atoms with Crippen molar-refractivity contribution in [3.63, 3.8) is 0 Å². The number of aromatic nitrogens is 4. The highest BCUT2D eigenvalue weighted by Gasteiger charge is 2.20. The standard InChI is InChI=1S/C13H17N5O3/c1-8(19)21-7-6-17(2)13-15-12-14-10-5-3-4-9(10)11(20)18(12)16-13/h3-7H2,1-2H3,(H,14,15,16). The van der Waals surface area contributed by atoms with Crippen molar-refractivity contribution in [1.29, 1.82) is 0 Å². The van der Waals surface area contributed by atoms with Crippen LogP contribution < -0.4 is 10.5 Å². The maximum atomic E-state index is 12.3. The molecule has 1 aliphatic carbocycles. The van der Waals surface area contributed by atoms with Crippen LogP contribution in [0.1, 0.15) is 24.6 Å². The van der Waals surface area contributed by atoms with E-state index >= 15 is 0 Å². The van der Waals surface area contributed by atoms with E-state index in [1.165, 1.54) is 11.4 Å². The molecule has 8 nitrogen and oxygen atoms in total. The average Bonchev–Trinajstić information content (AvgIpc) is 3.04. The Labute approximate surface area is 120 Å². The fourth-order valence-corrected chi connectivity index (χ4v) is 2.48. The Morgan fingerprint density at radius 2 is 2.24 bits per heavy atom. The number of nitrogens with one attached hydrogen (secondary N) is 1. The summed E-state index contributed by atoms with van der Waals surface area (Å²) in [6.45, 7) is 2.11. The van der Waals surface area contributed by atoms with Crippen molar-refractivity contribution in [3.8, 4) is 0 Å². The van der Waals surface area contributed by atoms with Gasteiger partial charge in [-0.25, -0.2) is 4.98 Å². The van der Waals surface area contributed by atoms with Gasteiger partial charge in [0.05, 0.1) is 12.2 Å². The van der Waals surface area contributed by atoms with Crippen molar-refractivity contribution < 1.29 is 9.53 Å². The van der Waals surface area contributed by atoms with E-state index in [4.69, 9.17) is 4.74 Å². The number of anilines is 1. The zero-order valence-electron chi connectivity index (χ0n) is 12.0. The molecule has 0 atom stereocenters. The van der Waals surface area contributed by atoms with Gasteiger partial charge in [-0.05, 0) is 19.3 Å². The van der Waals surface area contributed by atoms with Crippen LogP contribution in [-0.2, 0) is 22.4 Å². The third kappa shape index (κ3) is 2.48. The van der Waals surface area contributed by atoms with Gasteiger partial charge >= 0.3 is 5.97 Å². The summed E-state index contributed by atoms with van der Waals surface area (Å²) in [6, 6.07) is 0. The van der Waals surface area contributed by atoms with Crippen molar-refractivity contribution in [3.05, 3.63) is 21.6 Å². The number of aromatic amines is 1. The van der Waals surface area contributed by atoms with Crippen LogP contribution in [0.4, 0.5) is 5.95 Å². The first-order valence-electron chi connectivity index (χ1n) is 6.91. The molecule has 0 saturated heterocycles. The molecular formula is C13H17N5O3. The summed E-state index contributed by atoms with van der Waals surface area (Å²) in [5.41, 5.74) is 1.57. The van der Waals surface area contributed by atoms with Gasteiger partial charge in [0.2, 0.25) is 5.95 Å². The molecule has 0 fully saturated rings. The van der Waals surface area contributed by atoms with E-state index < -0.39 is 0 Å². The van der Waals surface area contributed by atoms with Crippen LogP contribution in [-0.4, -0.2) is 45.8 Å². The Morgan fingerprint density at radius 3 is 3.00 bits per heavy atom. The molecule has 0 amide bonds. The van der Waals surface area contributed by atoms with Crippen molar-refractivity contribution in [2.75, 3.05) is 25.1 Å². The SMILES string of the molecule is CC(=O)OCCN(C)c1nc2nc3c(c(=O)n2[nH]1)CCC3. The number of hydrogen-bond acceptors (Lipinski definition) is 6. The van der Waals surface area contributed by atoms with Crippen molar-refractivity contribution >= 4 is 17.7 Å². The number of H-pyrrole nitrogens is 1. The molecule has 112 valence electrons. The smallest absolute Gasteiger partial charge is 0.302 e. The van der Waals surface area contributed by atoms with Crippen LogP contribution in [0, 0.1) is 0 Å². The number of hydrogen-bond donors (Lipinski definition) is 1. The van der Waals surface area contributed by atoms with Crippen LogP contribution in [0.15, 0.2) is 4.79 Å². The highest BCUT2D eigenvalue weighted by atomic mass is 16.5. The zero-order chi connectivity index (χ0) is 15.0. The number of esters is 1. The molecule has 8 heteroatoms. The number of carbonyl (C=O) groups is 1. The molecule has 0 radical (unpaired) electrons. The van der Waals surface area contributed by atoms with E-state index in [-0.39, 0.29) is 18.1 Å². The second kappa shape index (κ2) is 5.19. The Morgan fingerprint density at radius 1 is 1.43 bits per heavy atom. The van der Waals surface area contributed by atoms with E-state index in [2.05, 4.69) is 15.1 Å². The quantitative estimate of drug-likeness (QED) is 0.791. The molecule has 0 spiro atoms. The molecule has 0 saturated carbocycles. The summed E-state index contributed by atoms with van der Waals surface area (Å²) in [5.74, 6) is 0.590. The summed E-state index contributed by atoms with van der Waals surface area (Å²) >= 11 is 0. The molecule has 0 aliphatic heterocycles. The van der Waals surface area contributed by atoms with E-state index in [0.717, 1.165) is 30.5 Å². The lowest BCUT2D eigenvalue weighted by Crippen LogP contribution is -2.25. The third-order valence-electron chi connectivity index (χ3n) is 3.60. The van der Waals surface area contributed by atoms with Gasteiger partial charge in [0.1, 0.15) is 6.61 Å². The largest absolute Gasteiger partial charge is 0.464 e. The third-order valence-corrected chi connectivity index (χ3v) is 3.60. The molecule has 3 rings (SSSR count). The highest BCUT2D eigenvalue weighted by Crippen LogP contribution is 2.17. The van der Waals surface area contributed by atoms with Gasteiger partial charge in [0, 0.05) is 19.5 Å². The molecule has 1 aliphatic rings. The van der Waals surface area contributed by atoms with E-state index in [9.17, 15) is 9.59 Å². The molecule has 0 aromatic carbocycles. The van der Waals surface area contributed by atoms with Gasteiger partial charge in [-0.1, -0.05) is 0 Å². The summed E-state index contributed by atoms with van der Waals surface area (Å²) in [4.78, 5) is 33.6. The lowest BCUT2D eigenvalue weighted by Gasteiger charge is -2.14. The van der Waals surface area contributed by atoms with Gasteiger partial charge in [-0.2, -0.15) is 9.50 Å². The van der Waals surface area contributed by atoms with Crippen LogP contribution in [0.3, 0.4) is 0 Å². The molecule has 21 heavy (non-hydrogen) atoms. The number of rotatable bonds is 4. The lowest BCUT2D eigenvalue weighted by molar-refractivity contribution is -0.140. The van der Waals surface area contributed by atoms with Gasteiger partial charge in [-0.3, -0.25) is 14.7 Å². The monoisotopic (exact) mass is 291 g/mol. The van der Waals surface area contributed by atoms with Crippen molar-refractivity contribution in [2.24, 2.45) is 0 Å². The van der Waals surface area contributed by atoms with Crippen LogP contribution in [0.25, 0.3) is 5.78 Å². The number of ether oxygens (including phenoxy) is 1. The summed E-state index contributed by atoms with van der Waals surface area (Å²) in [5, 5.41) is 2.95. The maximum Gasteiger partial charge on any atom is 0.302 e. The fourth-order valence-electron chi connectivity index (χ4n) is 2.48. The van der Waals surface area contributed by atoms with Crippen LogP contribution >= 0.6 is 0 Å². The number of fused-ring (bicyclic) bond motifs is 2. The normalized spacial score (nSPS) is 13.4. The van der Waals surface area contributed by atoms with Gasteiger partial charge in [0.15, 0.2) is 0 Å². The van der Waals surface area contributed by atoms with Gasteiger partial charge in [-0.15, -0.1) is 0 Å². The minimum absolute atomic E-state index is 0.0698.